The molecule has 0 radical (unpaired) electrons. The molecule has 1 aliphatic heterocycles. The van der Waals surface area contributed by atoms with Crippen molar-refractivity contribution >= 4 is 11.0 Å². The first-order valence-electron chi connectivity index (χ1n) is 11.0. The van der Waals surface area contributed by atoms with Crippen molar-refractivity contribution in [3.8, 4) is 0 Å². The van der Waals surface area contributed by atoms with Crippen LogP contribution in [-0.4, -0.2) is 51.5 Å². The summed E-state index contributed by atoms with van der Waals surface area (Å²) in [5.74, 6) is 1.20. The first-order valence-corrected chi connectivity index (χ1v) is 11.0. The Kier molecular flexibility index (Phi) is 5.10. The largest absolute Gasteiger partial charge is 0.324 e. The van der Waals surface area contributed by atoms with E-state index in [-0.39, 0.29) is 0 Å². The number of fused-ring (bicyclic) bond motifs is 2. The average molecular weight is 390 g/mol. The molecule has 0 amide bonds. The predicted molar refractivity (Wildman–Crippen MR) is 117 cm³/mol. The van der Waals surface area contributed by atoms with E-state index in [9.17, 15) is 0 Å². The van der Waals surface area contributed by atoms with Gasteiger partial charge in [0.1, 0.15) is 5.82 Å². The summed E-state index contributed by atoms with van der Waals surface area (Å²) in [7, 11) is 4.47. The highest BCUT2D eigenvalue weighted by Crippen LogP contribution is 2.34. The van der Waals surface area contributed by atoms with Gasteiger partial charge in [-0.1, -0.05) is 18.2 Å². The fourth-order valence-electron chi connectivity index (χ4n) is 5.21. The topological polar surface area (TPSA) is 37.2 Å². The normalized spacial score (nSPS) is 21.0. The maximum atomic E-state index is 5.08. The Morgan fingerprint density at radius 1 is 1.07 bits per heavy atom. The fraction of sp³-hybridized carbons (Fsp3) is 0.500. The highest BCUT2D eigenvalue weighted by atomic mass is 15.2. The van der Waals surface area contributed by atoms with Crippen LogP contribution in [0.15, 0.2) is 42.6 Å². The quantitative estimate of drug-likeness (QED) is 0.670. The third-order valence-corrected chi connectivity index (χ3v) is 6.81. The maximum absolute atomic E-state index is 5.08. The standard InChI is InChI=1S/C24H31N5/c1-27-15-12-19(13-16-27)29-21-10-4-3-9-20(21)26-23(29)17-28(2)22-11-5-7-18-8-6-14-25-24(18)22/h3-4,6,8-10,14,19,22H,5,7,11-13,15-17H2,1-2H3. The lowest BCUT2D eigenvalue weighted by Gasteiger charge is -2.34. The number of rotatable bonds is 4. The van der Waals surface area contributed by atoms with Gasteiger partial charge in [0.2, 0.25) is 0 Å². The smallest absolute Gasteiger partial charge is 0.124 e. The molecule has 0 N–H and O–H groups in total. The summed E-state index contributed by atoms with van der Waals surface area (Å²) in [4.78, 5) is 14.7. The van der Waals surface area contributed by atoms with E-state index in [1.54, 1.807) is 0 Å². The molecule has 1 aromatic carbocycles. The number of aromatic nitrogens is 3. The SMILES string of the molecule is CN1CCC(n2c(CN(C)C3CCCc4cccnc43)nc3ccccc32)CC1. The van der Waals surface area contributed by atoms with Crippen LogP contribution in [0.4, 0.5) is 0 Å². The molecular weight excluding hydrogens is 358 g/mol. The summed E-state index contributed by atoms with van der Waals surface area (Å²) in [5, 5.41) is 0. The number of benzene rings is 1. The van der Waals surface area contributed by atoms with E-state index in [1.807, 2.05) is 6.20 Å². The summed E-state index contributed by atoms with van der Waals surface area (Å²) in [6.45, 7) is 3.18. The highest BCUT2D eigenvalue weighted by Gasteiger charge is 2.28. The average Bonchev–Trinajstić information content (AvgIpc) is 3.11. The second-order valence-corrected chi connectivity index (χ2v) is 8.79. The first-order chi connectivity index (χ1) is 14.2. The van der Waals surface area contributed by atoms with Gasteiger partial charge in [0, 0.05) is 12.2 Å². The summed E-state index contributed by atoms with van der Waals surface area (Å²) in [6.07, 6.45) is 7.90. The highest BCUT2D eigenvalue weighted by molar-refractivity contribution is 5.76. The minimum absolute atomic E-state index is 0.380. The van der Waals surface area contributed by atoms with Gasteiger partial charge >= 0.3 is 0 Å². The van der Waals surface area contributed by atoms with Crippen LogP contribution in [0.3, 0.4) is 0 Å². The van der Waals surface area contributed by atoms with E-state index in [0.29, 0.717) is 12.1 Å². The molecular formula is C24H31N5. The lowest BCUT2D eigenvalue weighted by atomic mass is 9.91. The Balaban J connectivity index is 1.47. The van der Waals surface area contributed by atoms with E-state index in [2.05, 4.69) is 64.9 Å². The molecule has 0 bridgehead atoms. The van der Waals surface area contributed by atoms with Gasteiger partial charge in [-0.2, -0.15) is 0 Å². The second-order valence-electron chi connectivity index (χ2n) is 8.79. The molecule has 3 aromatic rings. The van der Waals surface area contributed by atoms with E-state index in [0.717, 1.165) is 31.6 Å². The van der Waals surface area contributed by atoms with Crippen molar-refractivity contribution in [1.29, 1.82) is 0 Å². The summed E-state index contributed by atoms with van der Waals surface area (Å²) in [6, 6.07) is 13.9. The van der Waals surface area contributed by atoms with Crippen LogP contribution in [0, 0.1) is 0 Å². The zero-order valence-corrected chi connectivity index (χ0v) is 17.6. The van der Waals surface area contributed by atoms with Crippen molar-refractivity contribution in [2.24, 2.45) is 0 Å². The van der Waals surface area contributed by atoms with Crippen LogP contribution in [0.1, 0.15) is 54.8 Å². The zero-order chi connectivity index (χ0) is 19.8. The Morgan fingerprint density at radius 2 is 1.90 bits per heavy atom. The molecule has 1 aliphatic carbocycles. The summed E-state index contributed by atoms with van der Waals surface area (Å²) in [5.41, 5.74) is 5.09. The fourth-order valence-corrected chi connectivity index (χ4v) is 5.21. The third kappa shape index (κ3) is 3.58. The molecule has 2 aliphatic rings. The number of piperidine rings is 1. The van der Waals surface area contributed by atoms with Crippen LogP contribution in [0.5, 0.6) is 0 Å². The lowest BCUT2D eigenvalue weighted by molar-refractivity contribution is 0.189. The van der Waals surface area contributed by atoms with Gasteiger partial charge in [-0.25, -0.2) is 4.98 Å². The monoisotopic (exact) mass is 389 g/mol. The molecule has 29 heavy (non-hydrogen) atoms. The van der Waals surface area contributed by atoms with Gasteiger partial charge in [-0.05, 0) is 83.1 Å². The Labute approximate surface area is 173 Å². The van der Waals surface area contributed by atoms with Crippen LogP contribution < -0.4 is 0 Å². The van der Waals surface area contributed by atoms with Crippen molar-refractivity contribution in [1.82, 2.24) is 24.3 Å². The van der Waals surface area contributed by atoms with E-state index < -0.39 is 0 Å². The number of para-hydroxylation sites is 2. The maximum Gasteiger partial charge on any atom is 0.124 e. The molecule has 5 nitrogen and oxygen atoms in total. The van der Waals surface area contributed by atoms with Gasteiger partial charge in [0.25, 0.3) is 0 Å². The number of hydrogen-bond donors (Lipinski definition) is 0. The predicted octanol–water partition coefficient (Wildman–Crippen LogP) is 4.21. The molecule has 1 fully saturated rings. The van der Waals surface area contributed by atoms with Crippen molar-refractivity contribution in [3.63, 3.8) is 0 Å². The lowest BCUT2D eigenvalue weighted by Crippen LogP contribution is -2.33. The van der Waals surface area contributed by atoms with Gasteiger partial charge < -0.3 is 9.47 Å². The van der Waals surface area contributed by atoms with E-state index in [1.165, 1.54) is 48.3 Å². The molecule has 2 aromatic heterocycles. The number of pyridine rings is 1. The van der Waals surface area contributed by atoms with Gasteiger partial charge in [-0.15, -0.1) is 0 Å². The van der Waals surface area contributed by atoms with Crippen molar-refractivity contribution in [2.75, 3.05) is 27.2 Å². The second kappa shape index (κ2) is 7.88. The van der Waals surface area contributed by atoms with Crippen molar-refractivity contribution < 1.29 is 0 Å². The molecule has 1 atom stereocenters. The summed E-state index contributed by atoms with van der Waals surface area (Å²) >= 11 is 0. The Morgan fingerprint density at radius 3 is 2.76 bits per heavy atom. The number of likely N-dealkylation sites (tertiary alicyclic amines) is 1. The van der Waals surface area contributed by atoms with Crippen LogP contribution in [0.25, 0.3) is 11.0 Å². The molecule has 0 spiro atoms. The first kappa shape index (κ1) is 18.8. The molecule has 3 heterocycles. The van der Waals surface area contributed by atoms with Crippen LogP contribution in [-0.2, 0) is 13.0 Å². The van der Waals surface area contributed by atoms with E-state index >= 15 is 0 Å². The molecule has 0 saturated carbocycles. The Hall–Kier alpha value is -2.24. The van der Waals surface area contributed by atoms with Crippen LogP contribution >= 0.6 is 0 Å². The van der Waals surface area contributed by atoms with Gasteiger partial charge in [0.15, 0.2) is 0 Å². The molecule has 1 unspecified atom stereocenters. The number of hydrogen-bond acceptors (Lipinski definition) is 4. The zero-order valence-electron chi connectivity index (χ0n) is 17.6. The minimum Gasteiger partial charge on any atom is -0.324 e. The van der Waals surface area contributed by atoms with Crippen molar-refractivity contribution in [2.45, 2.75) is 50.7 Å². The number of aryl methyl sites for hydroxylation is 1. The number of nitrogens with zero attached hydrogens (tertiary/aromatic N) is 5. The van der Waals surface area contributed by atoms with Crippen LogP contribution in [0.2, 0.25) is 0 Å². The molecule has 5 rings (SSSR count). The third-order valence-electron chi connectivity index (χ3n) is 6.81. The molecule has 1 saturated heterocycles. The minimum atomic E-state index is 0.380. The number of imidazole rings is 1. The van der Waals surface area contributed by atoms with Crippen molar-refractivity contribution in [3.05, 3.63) is 59.7 Å². The van der Waals surface area contributed by atoms with Gasteiger partial charge in [0.05, 0.1) is 29.3 Å². The molecule has 5 heteroatoms. The summed E-state index contributed by atoms with van der Waals surface area (Å²) < 4.78 is 2.54. The molecule has 152 valence electrons. The van der Waals surface area contributed by atoms with E-state index in [4.69, 9.17) is 9.97 Å². The van der Waals surface area contributed by atoms with Gasteiger partial charge in [-0.3, -0.25) is 9.88 Å². The Bertz CT molecular complexity index is 986.